The van der Waals surface area contributed by atoms with Gasteiger partial charge in [-0.1, -0.05) is 122 Å². The molecule has 5 heteroatoms. The lowest BCUT2D eigenvalue weighted by atomic mass is 9.59. The topological polar surface area (TPSA) is 43.0 Å². The van der Waals surface area contributed by atoms with Crippen LogP contribution < -0.4 is 24.4 Å². The largest absolute Gasteiger partial charge is 0.461 e. The second-order valence-electron chi connectivity index (χ2n) is 14.7. The summed E-state index contributed by atoms with van der Waals surface area (Å²) in [6.45, 7) is 3.12. The molecule has 0 saturated heterocycles. The van der Waals surface area contributed by atoms with Gasteiger partial charge in [-0.15, -0.1) is 0 Å². The van der Waals surface area contributed by atoms with E-state index in [0.717, 1.165) is 97.2 Å². The van der Waals surface area contributed by atoms with Crippen LogP contribution in [0, 0.1) is 0 Å². The molecule has 1 spiro atoms. The van der Waals surface area contributed by atoms with Crippen LogP contribution in [0.2, 0.25) is 0 Å². The Hall–Kier alpha value is -6.72. The van der Waals surface area contributed by atoms with Crippen LogP contribution in [0.4, 0.5) is 17.1 Å². The van der Waals surface area contributed by atoms with Crippen LogP contribution in [0.15, 0.2) is 181 Å². The van der Waals surface area contributed by atoms with Crippen molar-refractivity contribution in [2.45, 2.75) is 24.2 Å². The molecule has 54 heavy (non-hydrogen) atoms. The number of anilines is 3. The minimum atomic E-state index is -0.659. The quantitative estimate of drug-likeness (QED) is 0.199. The van der Waals surface area contributed by atoms with E-state index in [9.17, 15) is 0 Å². The van der Waals surface area contributed by atoms with E-state index in [1.54, 1.807) is 0 Å². The molecule has 1 aliphatic carbocycles. The van der Waals surface area contributed by atoms with E-state index in [-0.39, 0.29) is 0 Å². The Balaban J connectivity index is 1.11. The molecule has 6 aromatic carbocycles. The fraction of sp³-hybridized carbons (Fsp3) is 0.102. The highest BCUT2D eigenvalue weighted by Gasteiger charge is 2.53. The van der Waals surface area contributed by atoms with E-state index in [0.29, 0.717) is 6.42 Å². The minimum absolute atomic E-state index is 0.440. The standard InChI is InChI=1S/C49H36N2O3/c1-48(38-18-13-24-44-47(38)51(33-14-3-2-4-15-33)40-20-7-10-23-43(40)54-44)28-27-37-46(31-48)53-42-22-9-6-17-35(42)49(37)34-16-5-8-21-41(34)52-45-30-32(25-26-36(45)49)39-19-11-12-29-50-39/h2-28,30,50H,29,31H2,1H3. The van der Waals surface area contributed by atoms with E-state index < -0.39 is 10.8 Å². The molecule has 0 amide bonds. The molecule has 0 bridgehead atoms. The van der Waals surface area contributed by atoms with Crippen molar-refractivity contribution >= 4 is 22.8 Å². The summed E-state index contributed by atoms with van der Waals surface area (Å²) in [7, 11) is 0. The third-order valence-corrected chi connectivity index (χ3v) is 11.6. The molecule has 6 aromatic rings. The SMILES string of the molecule is CC1(c2cccc3c2N(c2ccccc2)c2ccccc2O3)C=CC2=C(C1)Oc1ccccc1C21c2ccccc2Oc2cc(C3=CC=CCN3)ccc21. The molecular weight excluding hydrogens is 665 g/mol. The number of benzene rings is 6. The average molecular weight is 701 g/mol. The van der Waals surface area contributed by atoms with Gasteiger partial charge < -0.3 is 24.4 Å². The van der Waals surface area contributed by atoms with Gasteiger partial charge in [0.1, 0.15) is 23.0 Å². The van der Waals surface area contributed by atoms with E-state index in [2.05, 4.69) is 175 Å². The van der Waals surface area contributed by atoms with Gasteiger partial charge in [-0.05, 0) is 60.2 Å². The summed E-state index contributed by atoms with van der Waals surface area (Å²) in [6, 6.07) is 49.0. The van der Waals surface area contributed by atoms with Crippen LogP contribution in [0.1, 0.15) is 41.2 Å². The van der Waals surface area contributed by atoms with Crippen molar-refractivity contribution in [3.8, 4) is 28.7 Å². The van der Waals surface area contributed by atoms with Gasteiger partial charge in [0, 0.05) is 57.6 Å². The first-order chi connectivity index (χ1) is 26.6. The second kappa shape index (κ2) is 11.6. The summed E-state index contributed by atoms with van der Waals surface area (Å²) in [6.07, 6.45) is 11.7. The first-order valence-electron chi connectivity index (χ1n) is 18.6. The summed E-state index contributed by atoms with van der Waals surface area (Å²) in [5.41, 5.74) is 9.83. The average Bonchev–Trinajstić information content (AvgIpc) is 3.23. The second-order valence-corrected chi connectivity index (χ2v) is 14.7. The van der Waals surface area contributed by atoms with E-state index in [4.69, 9.17) is 14.2 Å². The van der Waals surface area contributed by atoms with Crippen LogP contribution in [-0.2, 0) is 10.8 Å². The van der Waals surface area contributed by atoms with Gasteiger partial charge in [-0.3, -0.25) is 0 Å². The summed E-state index contributed by atoms with van der Waals surface area (Å²) in [5, 5.41) is 3.52. The van der Waals surface area contributed by atoms with E-state index in [1.807, 2.05) is 12.1 Å². The monoisotopic (exact) mass is 700 g/mol. The Morgan fingerprint density at radius 2 is 1.28 bits per heavy atom. The minimum Gasteiger partial charge on any atom is -0.461 e. The number of nitrogens with zero attached hydrogens (tertiary/aromatic N) is 1. The number of allylic oxidation sites excluding steroid dienone is 6. The van der Waals surface area contributed by atoms with Crippen molar-refractivity contribution < 1.29 is 14.2 Å². The molecule has 4 aliphatic heterocycles. The third-order valence-electron chi connectivity index (χ3n) is 11.6. The molecule has 11 rings (SSSR count). The number of hydrogen-bond acceptors (Lipinski definition) is 5. The molecule has 260 valence electrons. The highest BCUT2D eigenvalue weighted by atomic mass is 16.5. The Bertz CT molecular complexity index is 2650. The molecule has 5 nitrogen and oxygen atoms in total. The van der Waals surface area contributed by atoms with Crippen LogP contribution in [-0.4, -0.2) is 6.54 Å². The fourth-order valence-electron chi connectivity index (χ4n) is 9.16. The predicted molar refractivity (Wildman–Crippen MR) is 214 cm³/mol. The number of ether oxygens (including phenoxy) is 3. The smallest absolute Gasteiger partial charge is 0.151 e. The Labute approximate surface area is 314 Å². The predicted octanol–water partition coefficient (Wildman–Crippen LogP) is 11.8. The van der Waals surface area contributed by atoms with Crippen LogP contribution in [0.5, 0.6) is 28.7 Å². The maximum atomic E-state index is 7.06. The molecule has 2 atom stereocenters. The van der Waals surface area contributed by atoms with Gasteiger partial charge in [0.15, 0.2) is 11.5 Å². The van der Waals surface area contributed by atoms with Crippen LogP contribution >= 0.6 is 0 Å². The first-order valence-corrected chi connectivity index (χ1v) is 18.6. The van der Waals surface area contributed by atoms with Gasteiger partial charge in [0.2, 0.25) is 0 Å². The fourth-order valence-corrected chi connectivity index (χ4v) is 9.16. The third kappa shape index (κ3) is 4.39. The summed E-state index contributed by atoms with van der Waals surface area (Å²) in [5.74, 6) is 5.18. The highest BCUT2D eigenvalue weighted by Crippen LogP contribution is 2.63. The van der Waals surface area contributed by atoms with E-state index in [1.165, 1.54) is 0 Å². The number of rotatable bonds is 3. The Morgan fingerprint density at radius 1 is 0.611 bits per heavy atom. The van der Waals surface area contributed by atoms with Gasteiger partial charge in [-0.25, -0.2) is 0 Å². The molecule has 0 saturated carbocycles. The molecule has 2 unspecified atom stereocenters. The molecule has 0 radical (unpaired) electrons. The van der Waals surface area contributed by atoms with Crippen LogP contribution in [0.3, 0.4) is 0 Å². The van der Waals surface area contributed by atoms with Crippen molar-refractivity contribution in [1.29, 1.82) is 0 Å². The number of dihydropyridines is 1. The summed E-state index contributed by atoms with van der Waals surface area (Å²) < 4.78 is 20.5. The number of hydrogen-bond donors (Lipinski definition) is 1. The molecular formula is C49H36N2O3. The number of nitrogens with one attached hydrogen (secondary N) is 1. The van der Waals surface area contributed by atoms with Crippen molar-refractivity contribution in [3.05, 3.63) is 209 Å². The molecule has 1 N–H and O–H groups in total. The molecule has 5 aliphatic rings. The van der Waals surface area contributed by atoms with Gasteiger partial charge in [-0.2, -0.15) is 0 Å². The Morgan fingerprint density at radius 3 is 2.07 bits per heavy atom. The first kappa shape index (κ1) is 30.9. The van der Waals surface area contributed by atoms with Gasteiger partial charge in [0.05, 0.1) is 16.8 Å². The highest BCUT2D eigenvalue weighted by molar-refractivity contribution is 5.89. The zero-order valence-electron chi connectivity index (χ0n) is 29.8. The van der Waals surface area contributed by atoms with Crippen molar-refractivity contribution in [1.82, 2.24) is 5.32 Å². The zero-order chi connectivity index (χ0) is 35.9. The van der Waals surface area contributed by atoms with Crippen molar-refractivity contribution in [3.63, 3.8) is 0 Å². The maximum absolute atomic E-state index is 7.06. The normalized spacial score (nSPS) is 21.1. The summed E-state index contributed by atoms with van der Waals surface area (Å²) in [4.78, 5) is 2.35. The lowest BCUT2D eigenvalue weighted by molar-refractivity contribution is 0.326. The zero-order valence-corrected chi connectivity index (χ0v) is 29.8. The van der Waals surface area contributed by atoms with Gasteiger partial charge in [0.25, 0.3) is 0 Å². The lowest BCUT2D eigenvalue weighted by Gasteiger charge is -2.48. The van der Waals surface area contributed by atoms with E-state index >= 15 is 0 Å². The number of fused-ring (bicyclic) bond motifs is 9. The lowest BCUT2D eigenvalue weighted by Crippen LogP contribution is -2.41. The number of para-hydroxylation sites is 6. The summed E-state index contributed by atoms with van der Waals surface area (Å²) >= 11 is 0. The van der Waals surface area contributed by atoms with Crippen molar-refractivity contribution in [2.75, 3.05) is 11.4 Å². The van der Waals surface area contributed by atoms with Crippen molar-refractivity contribution in [2.24, 2.45) is 0 Å². The maximum Gasteiger partial charge on any atom is 0.151 e. The molecule has 0 aromatic heterocycles. The van der Waals surface area contributed by atoms with Crippen LogP contribution in [0.25, 0.3) is 5.70 Å². The molecule has 4 heterocycles. The Kier molecular flexibility index (Phi) is 6.65. The van der Waals surface area contributed by atoms with Gasteiger partial charge >= 0.3 is 0 Å². The molecule has 0 fully saturated rings.